The zero-order valence-electron chi connectivity index (χ0n) is 14.1. The van der Waals surface area contributed by atoms with Gasteiger partial charge in [0, 0.05) is 24.3 Å². The molecule has 0 spiro atoms. The number of carbonyl (C=O) groups is 1. The lowest BCUT2D eigenvalue weighted by Gasteiger charge is -2.22. The van der Waals surface area contributed by atoms with Crippen molar-refractivity contribution >= 4 is 11.6 Å². The van der Waals surface area contributed by atoms with Crippen molar-refractivity contribution in [2.24, 2.45) is 5.73 Å². The Morgan fingerprint density at radius 2 is 1.83 bits per heavy atom. The van der Waals surface area contributed by atoms with Gasteiger partial charge in [0.15, 0.2) is 0 Å². The molecule has 0 aromatic heterocycles. The van der Waals surface area contributed by atoms with Gasteiger partial charge in [0.1, 0.15) is 0 Å². The fourth-order valence-electron chi connectivity index (χ4n) is 3.02. The molecule has 2 aromatic carbocycles. The summed E-state index contributed by atoms with van der Waals surface area (Å²) in [6.45, 7) is 7.89. The summed E-state index contributed by atoms with van der Waals surface area (Å²) in [5.74, 6) is 0.0656. The average Bonchev–Trinajstić information content (AvgIpc) is 2.96. The molecule has 3 nitrogen and oxygen atoms in total. The van der Waals surface area contributed by atoms with Gasteiger partial charge in [0.25, 0.3) is 5.91 Å². The van der Waals surface area contributed by atoms with Crippen molar-refractivity contribution in [1.82, 2.24) is 0 Å². The van der Waals surface area contributed by atoms with Crippen LogP contribution >= 0.6 is 0 Å². The van der Waals surface area contributed by atoms with Crippen molar-refractivity contribution in [2.45, 2.75) is 39.2 Å². The van der Waals surface area contributed by atoms with Crippen LogP contribution in [0.2, 0.25) is 0 Å². The topological polar surface area (TPSA) is 46.3 Å². The predicted molar refractivity (Wildman–Crippen MR) is 94.9 cm³/mol. The molecular weight excluding hydrogens is 284 g/mol. The Morgan fingerprint density at radius 1 is 1.13 bits per heavy atom. The van der Waals surface area contributed by atoms with Crippen LogP contribution in [-0.4, -0.2) is 12.5 Å². The molecule has 0 bridgehead atoms. The summed E-state index contributed by atoms with van der Waals surface area (Å²) in [4.78, 5) is 14.7. The molecule has 3 heteroatoms. The van der Waals surface area contributed by atoms with Crippen LogP contribution in [0.4, 0.5) is 5.69 Å². The van der Waals surface area contributed by atoms with E-state index in [-0.39, 0.29) is 11.3 Å². The molecule has 23 heavy (non-hydrogen) atoms. The number of rotatable bonds is 2. The number of nitrogens with two attached hydrogens (primary N) is 1. The van der Waals surface area contributed by atoms with Gasteiger partial charge in [-0.05, 0) is 46.7 Å². The second kappa shape index (κ2) is 5.82. The quantitative estimate of drug-likeness (QED) is 0.920. The van der Waals surface area contributed by atoms with Crippen molar-refractivity contribution in [2.75, 3.05) is 11.4 Å². The third kappa shape index (κ3) is 3.02. The van der Waals surface area contributed by atoms with Crippen LogP contribution in [0.1, 0.15) is 47.8 Å². The number of anilines is 1. The Kier molecular flexibility index (Phi) is 3.99. The Morgan fingerprint density at radius 3 is 2.43 bits per heavy atom. The highest BCUT2D eigenvalue weighted by molar-refractivity contribution is 6.07. The highest BCUT2D eigenvalue weighted by Gasteiger charge is 2.27. The standard InChI is InChI=1S/C20H24N2O/c1-20(2,3)17-8-9-18-16(12-17)10-11-22(18)19(23)15-6-4-14(13-21)5-7-15/h4-9,12H,10-11,13,21H2,1-3H3. The van der Waals surface area contributed by atoms with Gasteiger partial charge >= 0.3 is 0 Å². The van der Waals surface area contributed by atoms with E-state index >= 15 is 0 Å². The van der Waals surface area contributed by atoms with E-state index in [9.17, 15) is 4.79 Å². The smallest absolute Gasteiger partial charge is 0.258 e. The van der Waals surface area contributed by atoms with E-state index in [0.717, 1.165) is 29.8 Å². The molecule has 0 saturated carbocycles. The lowest BCUT2D eigenvalue weighted by molar-refractivity contribution is 0.0989. The van der Waals surface area contributed by atoms with Crippen LogP contribution in [0.25, 0.3) is 0 Å². The van der Waals surface area contributed by atoms with Gasteiger partial charge in [-0.3, -0.25) is 4.79 Å². The van der Waals surface area contributed by atoms with E-state index in [4.69, 9.17) is 5.73 Å². The molecular formula is C20H24N2O. The van der Waals surface area contributed by atoms with Gasteiger partial charge in [-0.15, -0.1) is 0 Å². The second-order valence-electron chi connectivity index (χ2n) is 7.20. The Labute approximate surface area is 138 Å². The minimum absolute atomic E-state index is 0.0656. The number of nitrogens with zero attached hydrogens (tertiary/aromatic N) is 1. The number of carbonyl (C=O) groups excluding carboxylic acids is 1. The van der Waals surface area contributed by atoms with E-state index in [0.29, 0.717) is 6.54 Å². The minimum atomic E-state index is 0.0656. The van der Waals surface area contributed by atoms with Crippen LogP contribution in [0.3, 0.4) is 0 Å². The van der Waals surface area contributed by atoms with Crippen LogP contribution in [0, 0.1) is 0 Å². The van der Waals surface area contributed by atoms with Crippen LogP contribution in [0.5, 0.6) is 0 Å². The lowest BCUT2D eigenvalue weighted by Crippen LogP contribution is -2.28. The summed E-state index contributed by atoms with van der Waals surface area (Å²) >= 11 is 0. The van der Waals surface area contributed by atoms with Crippen molar-refractivity contribution in [3.8, 4) is 0 Å². The predicted octanol–water partition coefficient (Wildman–Crippen LogP) is 3.65. The second-order valence-corrected chi connectivity index (χ2v) is 7.20. The largest absolute Gasteiger partial charge is 0.326 e. The fourth-order valence-corrected chi connectivity index (χ4v) is 3.02. The molecule has 0 radical (unpaired) electrons. The molecule has 120 valence electrons. The first kappa shape index (κ1) is 15.8. The molecule has 0 atom stereocenters. The molecule has 1 heterocycles. The molecule has 0 fully saturated rings. The SMILES string of the molecule is CC(C)(C)c1ccc2c(c1)CCN2C(=O)c1ccc(CN)cc1. The Bertz CT molecular complexity index is 726. The average molecular weight is 308 g/mol. The van der Waals surface area contributed by atoms with Crippen LogP contribution in [-0.2, 0) is 18.4 Å². The van der Waals surface area contributed by atoms with Crippen molar-refractivity contribution in [1.29, 1.82) is 0 Å². The van der Waals surface area contributed by atoms with Gasteiger partial charge in [0.05, 0.1) is 0 Å². The van der Waals surface area contributed by atoms with Gasteiger partial charge < -0.3 is 10.6 Å². The van der Waals surface area contributed by atoms with Gasteiger partial charge in [-0.1, -0.05) is 45.0 Å². The molecule has 2 aromatic rings. The molecule has 3 rings (SSSR count). The number of benzene rings is 2. The fraction of sp³-hybridized carbons (Fsp3) is 0.350. The molecule has 0 unspecified atom stereocenters. The van der Waals surface area contributed by atoms with E-state index in [2.05, 4.69) is 39.0 Å². The number of hydrogen-bond donors (Lipinski definition) is 1. The summed E-state index contributed by atoms with van der Waals surface area (Å²) in [6, 6.07) is 14.1. The first-order valence-corrected chi connectivity index (χ1v) is 8.14. The lowest BCUT2D eigenvalue weighted by atomic mass is 9.86. The first-order valence-electron chi connectivity index (χ1n) is 8.14. The number of hydrogen-bond acceptors (Lipinski definition) is 2. The Hall–Kier alpha value is -2.13. The van der Waals surface area contributed by atoms with Crippen molar-refractivity contribution < 1.29 is 4.79 Å². The van der Waals surface area contributed by atoms with E-state index in [1.54, 1.807) is 0 Å². The molecule has 1 aliphatic rings. The summed E-state index contributed by atoms with van der Waals surface area (Å²) in [6.07, 6.45) is 0.922. The van der Waals surface area contributed by atoms with E-state index in [1.807, 2.05) is 29.2 Å². The first-order chi connectivity index (χ1) is 10.9. The van der Waals surface area contributed by atoms with Gasteiger partial charge in [-0.2, -0.15) is 0 Å². The van der Waals surface area contributed by atoms with Crippen LogP contribution < -0.4 is 10.6 Å². The summed E-state index contributed by atoms with van der Waals surface area (Å²) < 4.78 is 0. The summed E-state index contributed by atoms with van der Waals surface area (Å²) in [5.41, 5.74) is 11.1. The highest BCUT2D eigenvalue weighted by atomic mass is 16.2. The summed E-state index contributed by atoms with van der Waals surface area (Å²) in [5, 5.41) is 0. The minimum Gasteiger partial charge on any atom is -0.326 e. The zero-order chi connectivity index (χ0) is 16.6. The number of fused-ring (bicyclic) bond motifs is 1. The Balaban J connectivity index is 1.88. The normalized spacial score (nSPS) is 14.0. The maximum Gasteiger partial charge on any atom is 0.258 e. The maximum atomic E-state index is 12.8. The van der Waals surface area contributed by atoms with Gasteiger partial charge in [-0.25, -0.2) is 0 Å². The van der Waals surface area contributed by atoms with Crippen molar-refractivity contribution in [3.05, 3.63) is 64.7 Å². The molecule has 0 aliphatic carbocycles. The van der Waals surface area contributed by atoms with E-state index < -0.39 is 0 Å². The molecule has 1 amide bonds. The number of amides is 1. The van der Waals surface area contributed by atoms with Gasteiger partial charge in [0.2, 0.25) is 0 Å². The van der Waals surface area contributed by atoms with Crippen molar-refractivity contribution in [3.63, 3.8) is 0 Å². The highest BCUT2D eigenvalue weighted by Crippen LogP contribution is 2.33. The van der Waals surface area contributed by atoms with Crippen LogP contribution in [0.15, 0.2) is 42.5 Å². The molecule has 0 saturated heterocycles. The maximum absolute atomic E-state index is 12.8. The molecule has 1 aliphatic heterocycles. The monoisotopic (exact) mass is 308 g/mol. The van der Waals surface area contributed by atoms with E-state index in [1.165, 1.54) is 11.1 Å². The zero-order valence-corrected chi connectivity index (χ0v) is 14.1. The third-order valence-electron chi connectivity index (χ3n) is 4.52. The summed E-state index contributed by atoms with van der Waals surface area (Å²) in [7, 11) is 0. The molecule has 2 N–H and O–H groups in total. The third-order valence-corrected chi connectivity index (χ3v) is 4.52.